The van der Waals surface area contributed by atoms with Crippen LogP contribution in [0.15, 0.2) is 17.5 Å². The molecule has 5 heteroatoms. The first-order valence-corrected chi connectivity index (χ1v) is 7.39. The Kier molecular flexibility index (Phi) is 5.14. The van der Waals surface area contributed by atoms with Crippen molar-refractivity contribution in [1.82, 2.24) is 4.90 Å². The number of morpholine rings is 1. The highest BCUT2D eigenvalue weighted by atomic mass is 32.1. The number of aliphatic hydroxyl groups excluding tert-OH is 1. The molecule has 0 bridgehead atoms. The smallest absolute Gasteiger partial charge is 0.0645 e. The lowest BCUT2D eigenvalue weighted by Gasteiger charge is -2.42. The second-order valence-electron chi connectivity index (χ2n) is 4.68. The molecule has 1 fully saturated rings. The molecule has 3 N–H and O–H groups in total. The summed E-state index contributed by atoms with van der Waals surface area (Å²) in [6.07, 6.45) is 0.929. The van der Waals surface area contributed by atoms with E-state index in [1.807, 2.05) is 0 Å². The highest BCUT2D eigenvalue weighted by molar-refractivity contribution is 7.10. The quantitative estimate of drug-likeness (QED) is 0.844. The van der Waals surface area contributed by atoms with Gasteiger partial charge < -0.3 is 15.6 Å². The highest BCUT2D eigenvalue weighted by Crippen LogP contribution is 2.31. The molecule has 0 aromatic carbocycles. The van der Waals surface area contributed by atoms with Crippen LogP contribution in [0.2, 0.25) is 0 Å². The molecule has 4 nitrogen and oxygen atoms in total. The Morgan fingerprint density at radius 3 is 3.11 bits per heavy atom. The van der Waals surface area contributed by atoms with E-state index in [4.69, 9.17) is 10.5 Å². The maximum absolute atomic E-state index is 9.50. The van der Waals surface area contributed by atoms with E-state index in [1.54, 1.807) is 11.3 Å². The zero-order chi connectivity index (χ0) is 13.0. The van der Waals surface area contributed by atoms with Gasteiger partial charge >= 0.3 is 0 Å². The SMILES string of the molecule is CCC(N)C(c1cccs1)N1CCOCC1CO. The van der Waals surface area contributed by atoms with Crippen molar-refractivity contribution < 1.29 is 9.84 Å². The van der Waals surface area contributed by atoms with Crippen molar-refractivity contribution in [2.24, 2.45) is 5.73 Å². The van der Waals surface area contributed by atoms with E-state index in [9.17, 15) is 5.11 Å². The van der Waals surface area contributed by atoms with Crippen LogP contribution in [0.5, 0.6) is 0 Å². The number of hydrogen-bond donors (Lipinski definition) is 2. The third kappa shape index (κ3) is 2.92. The van der Waals surface area contributed by atoms with Gasteiger partial charge in [-0.1, -0.05) is 13.0 Å². The molecule has 18 heavy (non-hydrogen) atoms. The second-order valence-corrected chi connectivity index (χ2v) is 5.66. The van der Waals surface area contributed by atoms with Gasteiger partial charge in [-0.05, 0) is 17.9 Å². The van der Waals surface area contributed by atoms with Crippen LogP contribution in [-0.2, 0) is 4.74 Å². The normalized spacial score (nSPS) is 24.9. The number of hydrogen-bond acceptors (Lipinski definition) is 5. The van der Waals surface area contributed by atoms with E-state index in [1.165, 1.54) is 4.88 Å². The van der Waals surface area contributed by atoms with Gasteiger partial charge in [0.15, 0.2) is 0 Å². The molecule has 1 aliphatic rings. The lowest BCUT2D eigenvalue weighted by Crippen LogP contribution is -2.53. The van der Waals surface area contributed by atoms with Crippen LogP contribution in [0, 0.1) is 0 Å². The Balaban J connectivity index is 2.22. The molecule has 3 atom stereocenters. The zero-order valence-electron chi connectivity index (χ0n) is 10.8. The molecular weight excluding hydrogens is 248 g/mol. The van der Waals surface area contributed by atoms with E-state index >= 15 is 0 Å². The number of nitrogens with zero attached hydrogens (tertiary/aromatic N) is 1. The molecule has 2 rings (SSSR count). The van der Waals surface area contributed by atoms with Gasteiger partial charge in [0.05, 0.1) is 31.9 Å². The molecule has 1 aromatic rings. The summed E-state index contributed by atoms with van der Waals surface area (Å²) in [5, 5.41) is 11.6. The van der Waals surface area contributed by atoms with Crippen molar-refractivity contribution in [2.45, 2.75) is 31.5 Å². The fourth-order valence-electron chi connectivity index (χ4n) is 2.49. The largest absolute Gasteiger partial charge is 0.395 e. The van der Waals surface area contributed by atoms with Crippen LogP contribution < -0.4 is 5.73 Å². The lowest BCUT2D eigenvalue weighted by molar-refractivity contribution is -0.0521. The van der Waals surface area contributed by atoms with E-state index in [-0.39, 0.29) is 24.7 Å². The Bertz CT molecular complexity index is 345. The van der Waals surface area contributed by atoms with Crippen molar-refractivity contribution in [3.63, 3.8) is 0 Å². The summed E-state index contributed by atoms with van der Waals surface area (Å²) in [5.41, 5.74) is 6.30. The van der Waals surface area contributed by atoms with Crippen LogP contribution in [0.25, 0.3) is 0 Å². The third-order valence-electron chi connectivity index (χ3n) is 3.55. The number of aliphatic hydroxyl groups is 1. The molecule has 2 heterocycles. The van der Waals surface area contributed by atoms with Crippen LogP contribution in [-0.4, -0.2) is 48.5 Å². The molecule has 0 saturated carbocycles. The van der Waals surface area contributed by atoms with E-state index in [0.717, 1.165) is 19.6 Å². The predicted molar refractivity (Wildman–Crippen MR) is 73.7 cm³/mol. The van der Waals surface area contributed by atoms with Gasteiger partial charge in [-0.2, -0.15) is 0 Å². The molecule has 1 saturated heterocycles. The van der Waals surface area contributed by atoms with Crippen molar-refractivity contribution in [1.29, 1.82) is 0 Å². The minimum absolute atomic E-state index is 0.0587. The Morgan fingerprint density at radius 1 is 1.67 bits per heavy atom. The number of thiophene rings is 1. The third-order valence-corrected chi connectivity index (χ3v) is 4.50. The fraction of sp³-hybridized carbons (Fsp3) is 0.692. The molecule has 0 aliphatic carbocycles. The fourth-order valence-corrected chi connectivity index (χ4v) is 3.42. The minimum Gasteiger partial charge on any atom is -0.395 e. The summed E-state index contributed by atoms with van der Waals surface area (Å²) in [4.78, 5) is 3.59. The monoisotopic (exact) mass is 270 g/mol. The standard InChI is InChI=1S/C13H22N2O2S/c1-2-11(14)13(12-4-3-7-18-12)15-5-6-17-9-10(15)8-16/h3-4,7,10-11,13,16H,2,5-6,8-9,14H2,1H3. The predicted octanol–water partition coefficient (Wildman–Crippen LogP) is 1.22. The van der Waals surface area contributed by atoms with Crippen molar-refractivity contribution in [2.75, 3.05) is 26.4 Å². The van der Waals surface area contributed by atoms with Crippen molar-refractivity contribution in [3.05, 3.63) is 22.4 Å². The average Bonchev–Trinajstić information content (AvgIpc) is 2.93. The zero-order valence-corrected chi connectivity index (χ0v) is 11.6. The summed E-state index contributed by atoms with van der Waals surface area (Å²) < 4.78 is 5.45. The number of rotatable bonds is 5. The van der Waals surface area contributed by atoms with Gasteiger partial charge in [-0.3, -0.25) is 4.90 Å². The molecule has 0 radical (unpaired) electrons. The summed E-state index contributed by atoms with van der Waals surface area (Å²) in [6, 6.07) is 4.54. The van der Waals surface area contributed by atoms with Crippen molar-refractivity contribution >= 4 is 11.3 Å². The van der Waals surface area contributed by atoms with Crippen LogP contribution in [0.3, 0.4) is 0 Å². The molecule has 1 aliphatic heterocycles. The second kappa shape index (κ2) is 6.63. The molecule has 0 spiro atoms. The first-order valence-electron chi connectivity index (χ1n) is 6.51. The average molecular weight is 270 g/mol. The molecule has 1 aromatic heterocycles. The molecule has 3 unspecified atom stereocenters. The van der Waals surface area contributed by atoms with E-state index < -0.39 is 0 Å². The Labute approximate surface area is 112 Å². The minimum atomic E-state index is 0.0587. The van der Waals surface area contributed by atoms with Crippen LogP contribution in [0.4, 0.5) is 0 Å². The number of ether oxygens (including phenoxy) is 1. The first kappa shape index (κ1) is 14.0. The Morgan fingerprint density at radius 2 is 2.50 bits per heavy atom. The summed E-state index contributed by atoms with van der Waals surface area (Å²) in [6.45, 7) is 4.38. The van der Waals surface area contributed by atoms with Crippen molar-refractivity contribution in [3.8, 4) is 0 Å². The van der Waals surface area contributed by atoms with Gasteiger partial charge in [0.1, 0.15) is 0 Å². The molecular formula is C13H22N2O2S. The maximum atomic E-state index is 9.50. The summed E-state index contributed by atoms with van der Waals surface area (Å²) in [7, 11) is 0. The Hall–Kier alpha value is -0.460. The van der Waals surface area contributed by atoms with Gasteiger partial charge in [0.2, 0.25) is 0 Å². The van der Waals surface area contributed by atoms with Crippen LogP contribution >= 0.6 is 11.3 Å². The topological polar surface area (TPSA) is 58.7 Å². The van der Waals surface area contributed by atoms with E-state index in [2.05, 4.69) is 29.3 Å². The molecule has 102 valence electrons. The van der Waals surface area contributed by atoms with Gasteiger partial charge in [-0.25, -0.2) is 0 Å². The highest BCUT2D eigenvalue weighted by Gasteiger charge is 2.33. The van der Waals surface area contributed by atoms with Gasteiger partial charge in [0, 0.05) is 17.5 Å². The summed E-state index contributed by atoms with van der Waals surface area (Å²) in [5.74, 6) is 0. The summed E-state index contributed by atoms with van der Waals surface area (Å²) >= 11 is 1.74. The van der Waals surface area contributed by atoms with Gasteiger partial charge in [0.25, 0.3) is 0 Å². The van der Waals surface area contributed by atoms with E-state index in [0.29, 0.717) is 6.61 Å². The first-order chi connectivity index (χ1) is 8.77. The number of nitrogens with two attached hydrogens (primary N) is 1. The molecule has 0 amide bonds. The lowest BCUT2D eigenvalue weighted by atomic mass is 10.0. The van der Waals surface area contributed by atoms with Crippen LogP contribution in [0.1, 0.15) is 24.3 Å². The van der Waals surface area contributed by atoms with Gasteiger partial charge in [-0.15, -0.1) is 11.3 Å². The maximum Gasteiger partial charge on any atom is 0.0645 e.